The zero-order valence-electron chi connectivity index (χ0n) is 10.9. The molecule has 0 fully saturated rings. The summed E-state index contributed by atoms with van der Waals surface area (Å²) >= 11 is 6.26. The van der Waals surface area contributed by atoms with Crippen molar-refractivity contribution < 1.29 is 9.53 Å². The van der Waals surface area contributed by atoms with Crippen LogP contribution < -0.4 is 4.74 Å². The number of carbonyl (C=O) groups is 1. The molecule has 2 aromatic rings. The molecule has 0 radical (unpaired) electrons. The number of methoxy groups -OCH3 is 1. The SMILES string of the molecule is COc1ccc(C(=O)C(Cl)c2ccccc2)c(C)c1. The summed E-state index contributed by atoms with van der Waals surface area (Å²) < 4.78 is 5.13. The van der Waals surface area contributed by atoms with Crippen molar-refractivity contribution in [2.75, 3.05) is 7.11 Å². The molecule has 19 heavy (non-hydrogen) atoms. The van der Waals surface area contributed by atoms with Crippen LogP contribution in [0.15, 0.2) is 48.5 Å². The Morgan fingerprint density at radius 1 is 1.16 bits per heavy atom. The fourth-order valence-electron chi connectivity index (χ4n) is 1.95. The van der Waals surface area contributed by atoms with E-state index in [4.69, 9.17) is 16.3 Å². The number of ether oxygens (including phenoxy) is 1. The molecule has 0 spiro atoms. The van der Waals surface area contributed by atoms with Crippen LogP contribution in [-0.4, -0.2) is 12.9 Å². The van der Waals surface area contributed by atoms with Crippen LogP contribution in [-0.2, 0) is 0 Å². The van der Waals surface area contributed by atoms with E-state index in [0.29, 0.717) is 5.56 Å². The molecule has 0 amide bonds. The third kappa shape index (κ3) is 2.96. The van der Waals surface area contributed by atoms with Crippen molar-refractivity contribution in [3.8, 4) is 5.75 Å². The van der Waals surface area contributed by atoms with E-state index in [1.54, 1.807) is 19.2 Å². The molecule has 0 aliphatic heterocycles. The van der Waals surface area contributed by atoms with E-state index in [9.17, 15) is 4.79 Å². The molecule has 0 N–H and O–H groups in total. The highest BCUT2D eigenvalue weighted by Gasteiger charge is 2.20. The van der Waals surface area contributed by atoms with Crippen LogP contribution in [0.4, 0.5) is 0 Å². The van der Waals surface area contributed by atoms with Crippen molar-refractivity contribution in [3.05, 3.63) is 65.2 Å². The Labute approximate surface area is 118 Å². The molecule has 0 aliphatic rings. The number of Topliss-reactive ketones (excluding diaryl/α,β-unsaturated/α-hetero) is 1. The van der Waals surface area contributed by atoms with Gasteiger partial charge in [0.05, 0.1) is 7.11 Å². The van der Waals surface area contributed by atoms with Gasteiger partial charge in [0.1, 0.15) is 11.1 Å². The Morgan fingerprint density at radius 3 is 2.42 bits per heavy atom. The predicted octanol–water partition coefficient (Wildman–Crippen LogP) is 4.17. The van der Waals surface area contributed by atoms with E-state index in [0.717, 1.165) is 16.9 Å². The van der Waals surface area contributed by atoms with Gasteiger partial charge in [0, 0.05) is 5.56 Å². The molecule has 0 bridgehead atoms. The number of ketones is 1. The van der Waals surface area contributed by atoms with Gasteiger partial charge in [-0.25, -0.2) is 0 Å². The second-order valence-corrected chi connectivity index (χ2v) is 4.75. The number of hydrogen-bond acceptors (Lipinski definition) is 2. The van der Waals surface area contributed by atoms with E-state index in [1.165, 1.54) is 0 Å². The minimum atomic E-state index is -0.659. The maximum absolute atomic E-state index is 12.4. The van der Waals surface area contributed by atoms with Crippen molar-refractivity contribution in [2.45, 2.75) is 12.3 Å². The predicted molar refractivity (Wildman–Crippen MR) is 77.1 cm³/mol. The van der Waals surface area contributed by atoms with E-state index in [2.05, 4.69) is 0 Å². The van der Waals surface area contributed by atoms with Crippen molar-refractivity contribution in [1.82, 2.24) is 0 Å². The lowest BCUT2D eigenvalue weighted by molar-refractivity contribution is 0.0986. The molecule has 2 aromatic carbocycles. The Balaban J connectivity index is 2.29. The first-order valence-corrected chi connectivity index (χ1v) is 6.45. The quantitative estimate of drug-likeness (QED) is 0.618. The van der Waals surface area contributed by atoms with Crippen molar-refractivity contribution in [3.63, 3.8) is 0 Å². The van der Waals surface area contributed by atoms with Gasteiger partial charge >= 0.3 is 0 Å². The van der Waals surface area contributed by atoms with Crippen LogP contribution in [0.5, 0.6) is 5.75 Å². The first kappa shape index (κ1) is 13.6. The van der Waals surface area contributed by atoms with Gasteiger partial charge in [0.25, 0.3) is 0 Å². The number of carbonyl (C=O) groups excluding carboxylic acids is 1. The Kier molecular flexibility index (Phi) is 4.23. The number of hydrogen-bond donors (Lipinski definition) is 0. The van der Waals surface area contributed by atoms with E-state index in [1.807, 2.05) is 43.3 Å². The molecule has 2 nitrogen and oxygen atoms in total. The highest BCUT2D eigenvalue weighted by atomic mass is 35.5. The molecule has 0 aromatic heterocycles. The van der Waals surface area contributed by atoms with Crippen molar-refractivity contribution in [2.24, 2.45) is 0 Å². The molecule has 98 valence electrons. The first-order chi connectivity index (χ1) is 9.13. The van der Waals surface area contributed by atoms with Crippen LogP contribution in [0.3, 0.4) is 0 Å². The minimum Gasteiger partial charge on any atom is -0.497 e. The summed E-state index contributed by atoms with van der Waals surface area (Å²) in [4.78, 5) is 12.4. The van der Waals surface area contributed by atoms with Crippen LogP contribution in [0, 0.1) is 6.92 Å². The number of aryl methyl sites for hydroxylation is 1. The van der Waals surface area contributed by atoms with E-state index in [-0.39, 0.29) is 5.78 Å². The van der Waals surface area contributed by atoms with Crippen LogP contribution >= 0.6 is 11.6 Å². The normalized spacial score (nSPS) is 11.9. The summed E-state index contributed by atoms with van der Waals surface area (Å²) in [7, 11) is 1.60. The zero-order valence-corrected chi connectivity index (χ0v) is 11.6. The first-order valence-electron chi connectivity index (χ1n) is 6.01. The third-order valence-corrected chi connectivity index (χ3v) is 3.47. The Hall–Kier alpha value is -1.80. The molecule has 1 atom stereocenters. The molecule has 0 saturated carbocycles. The fourth-order valence-corrected chi connectivity index (χ4v) is 2.21. The molecule has 0 heterocycles. The summed E-state index contributed by atoms with van der Waals surface area (Å²) in [6.45, 7) is 1.88. The lowest BCUT2D eigenvalue weighted by atomic mass is 9.98. The summed E-state index contributed by atoms with van der Waals surface area (Å²) in [6.07, 6.45) is 0. The minimum absolute atomic E-state index is 0.0898. The highest BCUT2D eigenvalue weighted by molar-refractivity contribution is 6.34. The molecule has 1 unspecified atom stereocenters. The Bertz CT molecular complexity index is 579. The van der Waals surface area contributed by atoms with Gasteiger partial charge in [-0.1, -0.05) is 30.3 Å². The van der Waals surface area contributed by atoms with Crippen molar-refractivity contribution in [1.29, 1.82) is 0 Å². The monoisotopic (exact) mass is 274 g/mol. The van der Waals surface area contributed by atoms with Gasteiger partial charge in [-0.05, 0) is 36.2 Å². The topological polar surface area (TPSA) is 26.3 Å². The molecule has 0 saturated heterocycles. The lowest BCUT2D eigenvalue weighted by Crippen LogP contribution is -2.09. The largest absolute Gasteiger partial charge is 0.497 e. The summed E-state index contributed by atoms with van der Waals surface area (Å²) in [5.74, 6) is 0.646. The van der Waals surface area contributed by atoms with Gasteiger partial charge in [0.15, 0.2) is 5.78 Å². The Morgan fingerprint density at radius 2 is 1.84 bits per heavy atom. The fraction of sp³-hybridized carbons (Fsp3) is 0.188. The average Bonchev–Trinajstić information content (AvgIpc) is 2.46. The number of alkyl halides is 1. The molecule has 3 heteroatoms. The van der Waals surface area contributed by atoms with E-state index < -0.39 is 5.38 Å². The van der Waals surface area contributed by atoms with Gasteiger partial charge in [-0.3, -0.25) is 4.79 Å². The molecule has 2 rings (SSSR count). The summed E-state index contributed by atoms with van der Waals surface area (Å²) in [6, 6.07) is 14.7. The van der Waals surface area contributed by atoms with Crippen LogP contribution in [0.25, 0.3) is 0 Å². The number of rotatable bonds is 4. The maximum Gasteiger partial charge on any atom is 0.185 e. The smallest absolute Gasteiger partial charge is 0.185 e. The molecular weight excluding hydrogens is 260 g/mol. The summed E-state index contributed by atoms with van der Waals surface area (Å²) in [5.41, 5.74) is 2.31. The second-order valence-electron chi connectivity index (χ2n) is 4.32. The van der Waals surface area contributed by atoms with Crippen LogP contribution in [0.1, 0.15) is 26.9 Å². The lowest BCUT2D eigenvalue weighted by Gasteiger charge is -2.12. The second kappa shape index (κ2) is 5.89. The van der Waals surface area contributed by atoms with Gasteiger partial charge in [-0.15, -0.1) is 11.6 Å². The zero-order chi connectivity index (χ0) is 13.8. The number of benzene rings is 2. The molecular formula is C16H15ClO2. The maximum atomic E-state index is 12.4. The van der Waals surface area contributed by atoms with Gasteiger partial charge in [0.2, 0.25) is 0 Å². The van der Waals surface area contributed by atoms with Gasteiger partial charge in [-0.2, -0.15) is 0 Å². The number of halogens is 1. The standard InChI is InChI=1S/C16H15ClO2/c1-11-10-13(19-2)8-9-14(11)16(18)15(17)12-6-4-3-5-7-12/h3-10,15H,1-2H3. The highest BCUT2D eigenvalue weighted by Crippen LogP contribution is 2.27. The summed E-state index contributed by atoms with van der Waals surface area (Å²) in [5, 5.41) is -0.659. The third-order valence-electron chi connectivity index (χ3n) is 3.02. The van der Waals surface area contributed by atoms with Crippen LogP contribution in [0.2, 0.25) is 0 Å². The van der Waals surface area contributed by atoms with Crippen molar-refractivity contribution >= 4 is 17.4 Å². The van der Waals surface area contributed by atoms with Gasteiger partial charge < -0.3 is 4.74 Å². The van der Waals surface area contributed by atoms with E-state index >= 15 is 0 Å². The average molecular weight is 275 g/mol. The molecule has 0 aliphatic carbocycles.